The monoisotopic (exact) mass is 264 g/mol. The summed E-state index contributed by atoms with van der Waals surface area (Å²) in [4.78, 5) is 11.6. The minimum absolute atomic E-state index is 0.0304. The molecule has 19 heavy (non-hydrogen) atoms. The van der Waals surface area contributed by atoms with Gasteiger partial charge in [0.05, 0.1) is 6.61 Å². The van der Waals surface area contributed by atoms with Gasteiger partial charge in [0.25, 0.3) is 0 Å². The van der Waals surface area contributed by atoms with E-state index in [4.69, 9.17) is 5.11 Å². The molecule has 1 aliphatic carbocycles. The first-order valence-corrected chi connectivity index (χ1v) is 7.17. The Bertz CT molecular complexity index is 380. The molecule has 0 amide bonds. The zero-order valence-corrected chi connectivity index (χ0v) is 13.2. The molecule has 1 N–H and O–H groups in total. The zero-order chi connectivity index (χ0) is 15.1. The smallest absolute Gasteiger partial charge is 0.133 e. The van der Waals surface area contributed by atoms with Crippen LogP contribution in [0.4, 0.5) is 0 Å². The number of aliphatic hydroxyl groups is 1. The van der Waals surface area contributed by atoms with Gasteiger partial charge < -0.3 is 5.11 Å². The molecular formula is C17H28O2. The topological polar surface area (TPSA) is 37.3 Å². The highest BCUT2D eigenvalue weighted by Crippen LogP contribution is 2.41. The predicted molar refractivity (Wildman–Crippen MR) is 80.6 cm³/mol. The fourth-order valence-corrected chi connectivity index (χ4v) is 2.65. The van der Waals surface area contributed by atoms with Crippen LogP contribution in [0, 0.1) is 29.1 Å². The molecule has 0 aliphatic heterocycles. The van der Waals surface area contributed by atoms with Crippen LogP contribution in [0.1, 0.15) is 54.4 Å². The van der Waals surface area contributed by atoms with E-state index in [-0.39, 0.29) is 17.9 Å². The second-order valence-corrected chi connectivity index (χ2v) is 5.70. The minimum Gasteiger partial charge on any atom is -0.392 e. The van der Waals surface area contributed by atoms with Crippen LogP contribution in [-0.2, 0) is 4.79 Å². The predicted octanol–water partition coefficient (Wildman–Crippen LogP) is 3.60. The molecule has 2 heteroatoms. The summed E-state index contributed by atoms with van der Waals surface area (Å²) in [5, 5.41) is 8.77. The van der Waals surface area contributed by atoms with Crippen molar-refractivity contribution in [3.63, 3.8) is 0 Å². The van der Waals surface area contributed by atoms with Crippen LogP contribution in [0.2, 0.25) is 0 Å². The van der Waals surface area contributed by atoms with E-state index in [1.54, 1.807) is 6.08 Å². The van der Waals surface area contributed by atoms with Crippen molar-refractivity contribution in [2.45, 2.75) is 54.4 Å². The minimum atomic E-state index is -0.0404. The van der Waals surface area contributed by atoms with E-state index in [2.05, 4.69) is 32.6 Å². The van der Waals surface area contributed by atoms with Crippen molar-refractivity contribution in [2.24, 2.45) is 17.3 Å². The second-order valence-electron chi connectivity index (χ2n) is 5.70. The number of carbonyl (C=O) groups excluding carboxylic acids is 1. The standard InChI is InChI=1S/C15H22O2.C2H6/c1-11(7-8-16)5-6-14-12(2)9-13(17)10-15(14,3)4;1-2/h7,12,14,16H,8-10H2,1-4H3;1-2H3/b11-7-;. The van der Waals surface area contributed by atoms with Gasteiger partial charge in [-0.15, -0.1) is 0 Å². The summed E-state index contributed by atoms with van der Waals surface area (Å²) in [6.45, 7) is 12.3. The summed E-state index contributed by atoms with van der Waals surface area (Å²) >= 11 is 0. The Hall–Kier alpha value is -1.07. The third-order valence-electron chi connectivity index (χ3n) is 3.44. The highest BCUT2D eigenvalue weighted by Gasteiger charge is 2.39. The lowest BCUT2D eigenvalue weighted by Gasteiger charge is -2.38. The first kappa shape index (κ1) is 17.9. The molecule has 0 spiro atoms. The number of allylic oxidation sites excluding steroid dienone is 1. The number of Topliss-reactive ketones (excluding diaryl/α,β-unsaturated/α-hetero) is 1. The molecule has 108 valence electrons. The van der Waals surface area contributed by atoms with Gasteiger partial charge in [-0.3, -0.25) is 4.79 Å². The van der Waals surface area contributed by atoms with Crippen LogP contribution in [0.25, 0.3) is 0 Å². The average Bonchev–Trinajstić information content (AvgIpc) is 2.29. The first-order chi connectivity index (χ1) is 8.86. The largest absolute Gasteiger partial charge is 0.392 e. The van der Waals surface area contributed by atoms with E-state index in [0.29, 0.717) is 24.5 Å². The van der Waals surface area contributed by atoms with Crippen LogP contribution in [0.5, 0.6) is 0 Å². The molecule has 0 saturated heterocycles. The molecule has 1 aliphatic rings. The molecule has 2 atom stereocenters. The van der Waals surface area contributed by atoms with E-state index >= 15 is 0 Å². The highest BCUT2D eigenvalue weighted by atomic mass is 16.2. The SMILES string of the molecule is C/C(C#CC1C(C)CC(=O)CC1(C)C)=C/CO.CC. The maximum atomic E-state index is 11.6. The van der Waals surface area contributed by atoms with Crippen molar-refractivity contribution in [1.82, 2.24) is 0 Å². The average molecular weight is 264 g/mol. The van der Waals surface area contributed by atoms with Crippen LogP contribution >= 0.6 is 0 Å². The van der Waals surface area contributed by atoms with Gasteiger partial charge in [0, 0.05) is 18.8 Å². The van der Waals surface area contributed by atoms with Crippen LogP contribution in [0.15, 0.2) is 11.6 Å². The lowest BCUT2D eigenvalue weighted by molar-refractivity contribution is -0.126. The molecule has 2 unspecified atom stereocenters. The molecule has 0 aromatic heterocycles. The fraction of sp³-hybridized carbons (Fsp3) is 0.706. The van der Waals surface area contributed by atoms with E-state index in [9.17, 15) is 4.79 Å². The van der Waals surface area contributed by atoms with Crippen molar-refractivity contribution >= 4 is 5.78 Å². The van der Waals surface area contributed by atoms with E-state index < -0.39 is 0 Å². The van der Waals surface area contributed by atoms with Gasteiger partial charge in [-0.1, -0.05) is 46.5 Å². The second kappa shape index (κ2) is 8.17. The van der Waals surface area contributed by atoms with Crippen molar-refractivity contribution < 1.29 is 9.90 Å². The van der Waals surface area contributed by atoms with Crippen molar-refractivity contribution in [3.05, 3.63) is 11.6 Å². The Morgan fingerprint density at radius 2 is 2.05 bits per heavy atom. The van der Waals surface area contributed by atoms with Gasteiger partial charge in [-0.2, -0.15) is 0 Å². The Morgan fingerprint density at radius 3 is 2.53 bits per heavy atom. The molecule has 0 aromatic rings. The summed E-state index contributed by atoms with van der Waals surface area (Å²) in [5.41, 5.74) is 0.855. The van der Waals surface area contributed by atoms with Crippen molar-refractivity contribution in [2.75, 3.05) is 6.61 Å². The Labute approximate surface area is 118 Å². The lowest BCUT2D eigenvalue weighted by atomic mass is 9.64. The van der Waals surface area contributed by atoms with E-state index in [1.807, 2.05) is 20.8 Å². The number of carbonyl (C=O) groups is 1. The zero-order valence-electron chi connectivity index (χ0n) is 13.2. The number of aliphatic hydroxyl groups excluding tert-OH is 1. The Balaban J connectivity index is 0.00000154. The van der Waals surface area contributed by atoms with Gasteiger partial charge in [-0.25, -0.2) is 0 Å². The summed E-state index contributed by atoms with van der Waals surface area (Å²) in [7, 11) is 0. The third kappa shape index (κ3) is 5.61. The maximum Gasteiger partial charge on any atom is 0.133 e. The molecular weight excluding hydrogens is 236 g/mol. The fourth-order valence-electron chi connectivity index (χ4n) is 2.65. The van der Waals surface area contributed by atoms with Crippen LogP contribution in [-0.4, -0.2) is 17.5 Å². The number of rotatable bonds is 1. The van der Waals surface area contributed by atoms with Crippen molar-refractivity contribution in [3.8, 4) is 11.8 Å². The molecule has 0 aromatic carbocycles. The summed E-state index contributed by atoms with van der Waals surface area (Å²) in [6, 6.07) is 0. The van der Waals surface area contributed by atoms with Crippen LogP contribution < -0.4 is 0 Å². The Morgan fingerprint density at radius 1 is 1.47 bits per heavy atom. The molecule has 1 fully saturated rings. The molecule has 1 saturated carbocycles. The van der Waals surface area contributed by atoms with Gasteiger partial charge in [-0.05, 0) is 29.9 Å². The van der Waals surface area contributed by atoms with Crippen LogP contribution in [0.3, 0.4) is 0 Å². The highest BCUT2D eigenvalue weighted by molar-refractivity contribution is 5.80. The normalized spacial score (nSPS) is 25.8. The summed E-state index contributed by atoms with van der Waals surface area (Å²) in [5.74, 6) is 7.30. The Kier molecular flexibility index (Phi) is 7.71. The summed E-state index contributed by atoms with van der Waals surface area (Å²) in [6.07, 6.45) is 2.98. The summed E-state index contributed by atoms with van der Waals surface area (Å²) < 4.78 is 0. The first-order valence-electron chi connectivity index (χ1n) is 7.17. The van der Waals surface area contributed by atoms with E-state index in [0.717, 1.165) is 5.57 Å². The maximum absolute atomic E-state index is 11.6. The molecule has 1 rings (SSSR count). The molecule has 0 radical (unpaired) electrons. The van der Waals surface area contributed by atoms with Gasteiger partial charge >= 0.3 is 0 Å². The van der Waals surface area contributed by atoms with Gasteiger partial charge in [0.1, 0.15) is 5.78 Å². The molecule has 2 nitrogen and oxygen atoms in total. The number of hydrogen-bond acceptors (Lipinski definition) is 2. The lowest BCUT2D eigenvalue weighted by Crippen LogP contribution is -2.37. The van der Waals surface area contributed by atoms with Crippen molar-refractivity contribution in [1.29, 1.82) is 0 Å². The van der Waals surface area contributed by atoms with Gasteiger partial charge in [0.15, 0.2) is 0 Å². The number of hydrogen-bond donors (Lipinski definition) is 1. The van der Waals surface area contributed by atoms with Gasteiger partial charge in [0.2, 0.25) is 0 Å². The number of ketones is 1. The third-order valence-corrected chi connectivity index (χ3v) is 3.44. The quantitative estimate of drug-likeness (QED) is 0.735. The molecule has 0 bridgehead atoms. The molecule has 0 heterocycles. The van der Waals surface area contributed by atoms with E-state index in [1.165, 1.54) is 0 Å².